The second-order valence-electron chi connectivity index (χ2n) is 5.23. The summed E-state index contributed by atoms with van der Waals surface area (Å²) < 4.78 is 13.6. The van der Waals surface area contributed by atoms with Gasteiger partial charge in [-0.05, 0) is 30.4 Å². The Morgan fingerprint density at radius 3 is 2.81 bits per heavy atom. The molecule has 0 aromatic heterocycles. The van der Waals surface area contributed by atoms with Crippen LogP contribution in [-0.4, -0.2) is 18.2 Å². The molecule has 1 aliphatic rings. The molecule has 2 nitrogen and oxygen atoms in total. The minimum Gasteiger partial charge on any atom is -0.507 e. The summed E-state index contributed by atoms with van der Waals surface area (Å²) >= 11 is 0. The minimum absolute atomic E-state index is 0.141. The lowest BCUT2D eigenvalue weighted by atomic mass is 9.84. The number of phenolic OH excluding ortho intramolecular Hbond substituents is 1. The molecular formula is C13H17FNO. The molecule has 1 aromatic carbocycles. The van der Waals surface area contributed by atoms with E-state index < -0.39 is 5.82 Å². The lowest BCUT2D eigenvalue weighted by Gasteiger charge is -2.39. The van der Waals surface area contributed by atoms with Crippen LogP contribution in [0.4, 0.5) is 10.1 Å². The molecule has 87 valence electrons. The van der Waals surface area contributed by atoms with Gasteiger partial charge in [0.1, 0.15) is 5.75 Å². The lowest BCUT2D eigenvalue weighted by molar-refractivity contribution is 0.291. The summed E-state index contributed by atoms with van der Waals surface area (Å²) in [5.74, 6) is -0.602. The Morgan fingerprint density at radius 1 is 1.44 bits per heavy atom. The fourth-order valence-electron chi connectivity index (χ4n) is 2.32. The molecule has 1 aromatic rings. The molecule has 0 atom stereocenters. The van der Waals surface area contributed by atoms with E-state index in [1.165, 1.54) is 12.5 Å². The Kier molecular flexibility index (Phi) is 2.78. The molecule has 1 N–H and O–H groups in total. The maximum Gasteiger partial charge on any atom is 0.158 e. The summed E-state index contributed by atoms with van der Waals surface area (Å²) in [5.41, 5.74) is 0.772. The predicted molar refractivity (Wildman–Crippen MR) is 62.1 cm³/mol. The third-order valence-corrected chi connectivity index (χ3v) is 3.10. The van der Waals surface area contributed by atoms with Crippen LogP contribution in [0, 0.1) is 17.3 Å². The first kappa shape index (κ1) is 11.2. The monoisotopic (exact) mass is 222 g/mol. The summed E-state index contributed by atoms with van der Waals surface area (Å²) in [6, 6.07) is 5.42. The SMILES string of the molecule is CC1(C)CCCN(c2ccc(O)[c]c2F)C1. The molecule has 1 radical (unpaired) electrons. The van der Waals surface area contributed by atoms with Crippen LogP contribution in [0.2, 0.25) is 0 Å². The number of hydrogen-bond acceptors (Lipinski definition) is 2. The van der Waals surface area contributed by atoms with Crippen LogP contribution in [-0.2, 0) is 0 Å². The zero-order valence-electron chi connectivity index (χ0n) is 9.76. The van der Waals surface area contributed by atoms with Crippen molar-refractivity contribution in [2.24, 2.45) is 5.41 Å². The van der Waals surface area contributed by atoms with Gasteiger partial charge < -0.3 is 10.0 Å². The maximum absolute atomic E-state index is 13.6. The van der Waals surface area contributed by atoms with Crippen LogP contribution in [0.25, 0.3) is 0 Å². The molecule has 0 unspecified atom stereocenters. The van der Waals surface area contributed by atoms with Gasteiger partial charge in [-0.2, -0.15) is 0 Å². The average molecular weight is 222 g/mol. The van der Waals surface area contributed by atoms with Crippen molar-refractivity contribution in [1.29, 1.82) is 0 Å². The molecule has 1 fully saturated rings. The van der Waals surface area contributed by atoms with Crippen molar-refractivity contribution >= 4 is 5.69 Å². The van der Waals surface area contributed by atoms with Crippen LogP contribution in [0.5, 0.6) is 5.75 Å². The van der Waals surface area contributed by atoms with E-state index >= 15 is 0 Å². The van der Waals surface area contributed by atoms with Gasteiger partial charge in [-0.15, -0.1) is 0 Å². The van der Waals surface area contributed by atoms with E-state index in [0.29, 0.717) is 5.69 Å². The number of anilines is 1. The molecule has 2 rings (SSSR count). The highest BCUT2D eigenvalue weighted by Crippen LogP contribution is 2.33. The van der Waals surface area contributed by atoms with Crippen LogP contribution in [0.15, 0.2) is 12.1 Å². The van der Waals surface area contributed by atoms with Gasteiger partial charge in [-0.25, -0.2) is 4.39 Å². The molecule has 0 saturated carbocycles. The highest BCUT2D eigenvalue weighted by Gasteiger charge is 2.27. The summed E-state index contributed by atoms with van der Waals surface area (Å²) in [7, 11) is 0. The number of halogens is 1. The number of nitrogens with zero attached hydrogens (tertiary/aromatic N) is 1. The summed E-state index contributed by atoms with van der Waals surface area (Å²) in [6.45, 7) is 6.11. The predicted octanol–water partition coefficient (Wildman–Crippen LogP) is 2.96. The first-order valence-electron chi connectivity index (χ1n) is 5.64. The molecule has 0 spiro atoms. The van der Waals surface area contributed by atoms with E-state index in [9.17, 15) is 4.39 Å². The molecule has 0 bridgehead atoms. The Labute approximate surface area is 95.7 Å². The first-order valence-corrected chi connectivity index (χ1v) is 5.64. The van der Waals surface area contributed by atoms with E-state index in [0.717, 1.165) is 19.5 Å². The Morgan fingerprint density at radius 2 is 2.19 bits per heavy atom. The highest BCUT2D eigenvalue weighted by molar-refractivity contribution is 5.50. The Balaban J connectivity index is 2.23. The number of aromatic hydroxyl groups is 1. The summed E-state index contributed by atoms with van der Waals surface area (Å²) in [4.78, 5) is 2.04. The van der Waals surface area contributed by atoms with Gasteiger partial charge >= 0.3 is 0 Å². The van der Waals surface area contributed by atoms with Crippen molar-refractivity contribution in [2.75, 3.05) is 18.0 Å². The van der Waals surface area contributed by atoms with E-state index in [1.807, 2.05) is 4.90 Å². The van der Waals surface area contributed by atoms with Crippen molar-refractivity contribution in [3.63, 3.8) is 0 Å². The molecule has 3 heteroatoms. The van der Waals surface area contributed by atoms with E-state index in [1.54, 1.807) is 6.07 Å². The van der Waals surface area contributed by atoms with Crippen molar-refractivity contribution in [2.45, 2.75) is 26.7 Å². The fraction of sp³-hybridized carbons (Fsp3) is 0.538. The van der Waals surface area contributed by atoms with Gasteiger partial charge in [0, 0.05) is 13.1 Å². The fourth-order valence-corrected chi connectivity index (χ4v) is 2.32. The van der Waals surface area contributed by atoms with Gasteiger partial charge in [0.2, 0.25) is 0 Å². The van der Waals surface area contributed by atoms with Gasteiger partial charge in [-0.3, -0.25) is 0 Å². The van der Waals surface area contributed by atoms with Crippen molar-refractivity contribution in [3.05, 3.63) is 24.0 Å². The Hall–Kier alpha value is -1.25. The number of phenols is 1. The zero-order chi connectivity index (χ0) is 11.8. The topological polar surface area (TPSA) is 23.5 Å². The molecule has 0 amide bonds. The standard InChI is InChI=1S/C13H17FNO/c1-13(2)6-3-7-15(9-13)12-5-4-10(16)8-11(12)14/h4-5,16H,3,6-7,9H2,1-2H3. The molecule has 16 heavy (non-hydrogen) atoms. The Bertz CT molecular complexity index is 390. The number of rotatable bonds is 1. The summed E-state index contributed by atoms with van der Waals surface area (Å²) in [5, 5.41) is 9.12. The first-order chi connectivity index (χ1) is 7.48. The molecule has 1 aliphatic heterocycles. The van der Waals surface area contributed by atoms with Gasteiger partial charge in [0.25, 0.3) is 0 Å². The second-order valence-corrected chi connectivity index (χ2v) is 5.23. The smallest absolute Gasteiger partial charge is 0.158 e. The van der Waals surface area contributed by atoms with E-state index in [4.69, 9.17) is 5.11 Å². The summed E-state index contributed by atoms with van der Waals surface area (Å²) in [6.07, 6.45) is 2.25. The minimum atomic E-state index is -0.460. The van der Waals surface area contributed by atoms with Crippen molar-refractivity contribution < 1.29 is 9.50 Å². The van der Waals surface area contributed by atoms with Crippen LogP contribution in [0.1, 0.15) is 26.7 Å². The highest BCUT2D eigenvalue weighted by atomic mass is 19.1. The van der Waals surface area contributed by atoms with Crippen LogP contribution < -0.4 is 4.90 Å². The largest absolute Gasteiger partial charge is 0.507 e. The van der Waals surface area contributed by atoms with Crippen LogP contribution >= 0.6 is 0 Å². The van der Waals surface area contributed by atoms with Gasteiger partial charge in [0.05, 0.1) is 11.8 Å². The number of piperidine rings is 1. The number of benzene rings is 1. The lowest BCUT2D eigenvalue weighted by Crippen LogP contribution is -2.40. The maximum atomic E-state index is 13.6. The molecule has 1 heterocycles. The third kappa shape index (κ3) is 2.29. The van der Waals surface area contributed by atoms with Crippen molar-refractivity contribution in [1.82, 2.24) is 0 Å². The van der Waals surface area contributed by atoms with E-state index in [2.05, 4.69) is 19.9 Å². The molecule has 1 saturated heterocycles. The van der Waals surface area contributed by atoms with Gasteiger partial charge in [-0.1, -0.05) is 13.8 Å². The van der Waals surface area contributed by atoms with E-state index in [-0.39, 0.29) is 11.2 Å². The molecule has 0 aliphatic carbocycles. The van der Waals surface area contributed by atoms with Crippen LogP contribution in [0.3, 0.4) is 0 Å². The number of hydrogen-bond donors (Lipinski definition) is 1. The zero-order valence-corrected chi connectivity index (χ0v) is 9.76. The average Bonchev–Trinajstić information content (AvgIpc) is 2.15. The second kappa shape index (κ2) is 3.96. The van der Waals surface area contributed by atoms with Crippen molar-refractivity contribution in [3.8, 4) is 5.75 Å². The quantitative estimate of drug-likeness (QED) is 0.789. The third-order valence-electron chi connectivity index (χ3n) is 3.10. The normalized spacial score (nSPS) is 19.8. The molecular weight excluding hydrogens is 205 g/mol. The van der Waals surface area contributed by atoms with Gasteiger partial charge in [0.15, 0.2) is 5.82 Å².